The summed E-state index contributed by atoms with van der Waals surface area (Å²) in [5.41, 5.74) is 5.63. The van der Waals surface area contributed by atoms with Crippen molar-refractivity contribution in [3.8, 4) is 5.88 Å². The average Bonchev–Trinajstić information content (AvgIpc) is 3.00. The molecular weight excluding hydrogens is 372 g/mol. The molecule has 0 radical (unpaired) electrons. The molecule has 1 unspecified atom stereocenters. The van der Waals surface area contributed by atoms with Gasteiger partial charge in [-0.25, -0.2) is 9.78 Å². The van der Waals surface area contributed by atoms with Crippen molar-refractivity contribution in [1.29, 1.82) is 0 Å². The molecule has 8 heteroatoms. The first-order valence-electron chi connectivity index (χ1n) is 10.5. The molecular formula is C21H30N4O4. The van der Waals surface area contributed by atoms with Crippen LogP contribution in [0.5, 0.6) is 5.88 Å². The van der Waals surface area contributed by atoms with Gasteiger partial charge in [0.25, 0.3) is 11.8 Å². The predicted octanol–water partition coefficient (Wildman–Crippen LogP) is 2.62. The summed E-state index contributed by atoms with van der Waals surface area (Å²) in [6.07, 6.45) is 6.81. The van der Waals surface area contributed by atoms with E-state index in [0.29, 0.717) is 38.0 Å². The van der Waals surface area contributed by atoms with Crippen LogP contribution in [-0.4, -0.2) is 45.9 Å². The van der Waals surface area contributed by atoms with Crippen LogP contribution in [0.25, 0.3) is 0 Å². The van der Waals surface area contributed by atoms with Gasteiger partial charge in [-0.05, 0) is 50.2 Å². The van der Waals surface area contributed by atoms with Gasteiger partial charge in [-0.1, -0.05) is 26.7 Å². The van der Waals surface area contributed by atoms with Gasteiger partial charge in [-0.2, -0.15) is 0 Å². The third kappa shape index (κ3) is 4.68. The SMILES string of the molecule is CCC(CC)CC1NC(=O)N([C@H]2CC[C@H](Oc3ncccc3C(N)=O)CC2)C1=O. The number of ether oxygens (including phenoxy) is 1. The summed E-state index contributed by atoms with van der Waals surface area (Å²) in [7, 11) is 0. The Bertz CT molecular complexity index is 757. The summed E-state index contributed by atoms with van der Waals surface area (Å²) in [4.78, 5) is 42.3. The van der Waals surface area contributed by atoms with Crippen molar-refractivity contribution in [3.63, 3.8) is 0 Å². The summed E-state index contributed by atoms with van der Waals surface area (Å²) in [6, 6.07) is 2.42. The van der Waals surface area contributed by atoms with Crippen LogP contribution in [0.3, 0.4) is 0 Å². The van der Waals surface area contributed by atoms with Crippen LogP contribution in [0.1, 0.15) is 69.2 Å². The zero-order valence-corrected chi connectivity index (χ0v) is 17.1. The van der Waals surface area contributed by atoms with Gasteiger partial charge in [0.1, 0.15) is 17.7 Å². The molecule has 158 valence electrons. The lowest BCUT2D eigenvalue weighted by molar-refractivity contribution is -0.130. The number of hydrogen-bond donors (Lipinski definition) is 2. The fraction of sp³-hybridized carbons (Fsp3) is 0.619. The molecule has 3 N–H and O–H groups in total. The number of carbonyl (C=O) groups excluding carboxylic acids is 3. The Morgan fingerprint density at radius 2 is 1.97 bits per heavy atom. The number of urea groups is 1. The van der Waals surface area contributed by atoms with Crippen molar-refractivity contribution in [2.75, 3.05) is 0 Å². The third-order valence-corrected chi connectivity index (χ3v) is 6.10. The number of amides is 4. The number of rotatable bonds is 8. The molecule has 2 fully saturated rings. The first kappa shape index (κ1) is 21.1. The largest absolute Gasteiger partial charge is 0.474 e. The zero-order valence-electron chi connectivity index (χ0n) is 17.1. The standard InChI is InChI=1S/C21H30N4O4/c1-3-13(4-2)12-17-20(27)25(21(28)24-17)14-7-9-15(10-8-14)29-19-16(18(22)26)6-5-11-23-19/h5-6,11,13-15,17H,3-4,7-10,12H2,1-2H3,(H2,22,26)(H,24,28)/t14-,15-,17?. The van der Waals surface area contributed by atoms with Crippen LogP contribution in [-0.2, 0) is 4.79 Å². The smallest absolute Gasteiger partial charge is 0.325 e. The van der Waals surface area contributed by atoms with Gasteiger partial charge in [-0.15, -0.1) is 0 Å². The number of hydrogen-bond acceptors (Lipinski definition) is 5. The van der Waals surface area contributed by atoms with Crippen LogP contribution >= 0.6 is 0 Å². The molecule has 1 aromatic rings. The van der Waals surface area contributed by atoms with E-state index in [0.717, 1.165) is 12.8 Å². The number of nitrogens with two attached hydrogens (primary N) is 1. The van der Waals surface area contributed by atoms with Crippen LogP contribution in [0.2, 0.25) is 0 Å². The second-order valence-corrected chi connectivity index (χ2v) is 7.90. The van der Waals surface area contributed by atoms with E-state index in [-0.39, 0.29) is 35.5 Å². The Kier molecular flexibility index (Phi) is 6.71. The van der Waals surface area contributed by atoms with Crippen molar-refractivity contribution >= 4 is 17.8 Å². The van der Waals surface area contributed by atoms with Crippen LogP contribution < -0.4 is 15.8 Å². The average molecular weight is 402 g/mol. The molecule has 1 saturated heterocycles. The van der Waals surface area contributed by atoms with E-state index in [1.807, 2.05) is 0 Å². The molecule has 29 heavy (non-hydrogen) atoms. The first-order chi connectivity index (χ1) is 13.9. The van der Waals surface area contributed by atoms with Crippen molar-refractivity contribution in [1.82, 2.24) is 15.2 Å². The van der Waals surface area contributed by atoms with Crippen molar-refractivity contribution in [2.45, 2.75) is 77.0 Å². The summed E-state index contributed by atoms with van der Waals surface area (Å²) in [6.45, 7) is 4.22. The topological polar surface area (TPSA) is 115 Å². The summed E-state index contributed by atoms with van der Waals surface area (Å²) in [5.74, 6) is -0.00790. The summed E-state index contributed by atoms with van der Waals surface area (Å²) < 4.78 is 5.90. The fourth-order valence-electron chi connectivity index (χ4n) is 4.26. The van der Waals surface area contributed by atoms with E-state index in [1.54, 1.807) is 18.3 Å². The number of primary amides is 1. The van der Waals surface area contributed by atoms with E-state index in [4.69, 9.17) is 10.5 Å². The molecule has 0 spiro atoms. The van der Waals surface area contributed by atoms with E-state index < -0.39 is 11.9 Å². The van der Waals surface area contributed by atoms with E-state index in [1.165, 1.54) is 4.90 Å². The highest BCUT2D eigenvalue weighted by atomic mass is 16.5. The van der Waals surface area contributed by atoms with Crippen LogP contribution in [0.4, 0.5) is 4.79 Å². The number of imide groups is 1. The van der Waals surface area contributed by atoms with Crippen LogP contribution in [0, 0.1) is 5.92 Å². The maximum atomic E-state index is 12.8. The molecule has 2 aliphatic rings. The van der Waals surface area contributed by atoms with E-state index >= 15 is 0 Å². The minimum atomic E-state index is -0.579. The highest BCUT2D eigenvalue weighted by Crippen LogP contribution is 2.30. The van der Waals surface area contributed by atoms with E-state index in [2.05, 4.69) is 24.1 Å². The minimum Gasteiger partial charge on any atom is -0.474 e. The Labute approximate surface area is 171 Å². The molecule has 3 rings (SSSR count). The number of carbonyl (C=O) groups is 3. The number of aromatic nitrogens is 1. The molecule has 1 aliphatic carbocycles. The molecule has 1 aromatic heterocycles. The summed E-state index contributed by atoms with van der Waals surface area (Å²) in [5, 5.41) is 2.87. The molecule has 8 nitrogen and oxygen atoms in total. The zero-order chi connectivity index (χ0) is 21.0. The maximum Gasteiger partial charge on any atom is 0.325 e. The second-order valence-electron chi connectivity index (χ2n) is 7.90. The molecule has 2 heterocycles. The Morgan fingerprint density at radius 1 is 1.28 bits per heavy atom. The predicted molar refractivity (Wildman–Crippen MR) is 107 cm³/mol. The Balaban J connectivity index is 1.57. The highest BCUT2D eigenvalue weighted by molar-refractivity contribution is 6.04. The molecule has 1 atom stereocenters. The molecule has 4 amide bonds. The highest BCUT2D eigenvalue weighted by Gasteiger charge is 2.43. The molecule has 0 bridgehead atoms. The normalized spacial score (nSPS) is 24.7. The fourth-order valence-corrected chi connectivity index (χ4v) is 4.26. The Hall–Kier alpha value is -2.64. The number of nitrogens with one attached hydrogen (secondary N) is 1. The molecule has 1 saturated carbocycles. The summed E-state index contributed by atoms with van der Waals surface area (Å²) >= 11 is 0. The lowest BCUT2D eigenvalue weighted by Gasteiger charge is -2.33. The monoisotopic (exact) mass is 402 g/mol. The molecule has 0 aromatic carbocycles. The van der Waals surface area contributed by atoms with Gasteiger partial charge >= 0.3 is 6.03 Å². The van der Waals surface area contributed by atoms with Gasteiger partial charge in [0.2, 0.25) is 5.88 Å². The quantitative estimate of drug-likeness (QED) is 0.649. The third-order valence-electron chi connectivity index (χ3n) is 6.10. The molecule has 1 aliphatic heterocycles. The minimum absolute atomic E-state index is 0.105. The number of pyridine rings is 1. The van der Waals surface area contributed by atoms with Gasteiger partial charge in [0.15, 0.2) is 0 Å². The van der Waals surface area contributed by atoms with Crippen molar-refractivity contribution in [3.05, 3.63) is 23.9 Å². The first-order valence-corrected chi connectivity index (χ1v) is 10.5. The number of nitrogens with zero attached hydrogens (tertiary/aromatic N) is 2. The van der Waals surface area contributed by atoms with E-state index in [9.17, 15) is 14.4 Å². The Morgan fingerprint density at radius 3 is 2.59 bits per heavy atom. The van der Waals surface area contributed by atoms with Gasteiger partial charge in [0, 0.05) is 12.2 Å². The van der Waals surface area contributed by atoms with Gasteiger partial charge in [-0.3, -0.25) is 14.5 Å². The second kappa shape index (κ2) is 9.24. The lowest BCUT2D eigenvalue weighted by atomic mass is 9.91. The van der Waals surface area contributed by atoms with Crippen molar-refractivity contribution < 1.29 is 19.1 Å². The van der Waals surface area contributed by atoms with Gasteiger partial charge in [0.05, 0.1) is 0 Å². The maximum absolute atomic E-state index is 12.8. The van der Waals surface area contributed by atoms with Crippen molar-refractivity contribution in [2.24, 2.45) is 11.7 Å². The van der Waals surface area contributed by atoms with Crippen LogP contribution in [0.15, 0.2) is 18.3 Å². The lowest BCUT2D eigenvalue weighted by Crippen LogP contribution is -2.44. The van der Waals surface area contributed by atoms with Gasteiger partial charge < -0.3 is 15.8 Å².